The molecule has 3 heterocycles. The van der Waals surface area contributed by atoms with Crippen LogP contribution in [0.2, 0.25) is 5.02 Å². The lowest BCUT2D eigenvalue weighted by atomic mass is 9.88. The average Bonchev–Trinajstić information content (AvgIpc) is 3.38. The molecule has 1 aliphatic carbocycles. The topological polar surface area (TPSA) is 72.8 Å². The highest BCUT2D eigenvalue weighted by molar-refractivity contribution is 6.30. The van der Waals surface area contributed by atoms with Crippen LogP contribution in [0.4, 0.5) is 10.2 Å². The molecule has 2 saturated heterocycles. The highest BCUT2D eigenvalue weighted by atomic mass is 35.5. The molecule has 5 rings (SSSR count). The van der Waals surface area contributed by atoms with Gasteiger partial charge in [-0.25, -0.2) is 14.4 Å². The van der Waals surface area contributed by atoms with Gasteiger partial charge in [-0.1, -0.05) is 24.6 Å². The first-order valence-electron chi connectivity index (χ1n) is 12.1. The Hall–Kier alpha value is -2.29. The summed E-state index contributed by atoms with van der Waals surface area (Å²) in [4.78, 5) is 29.0. The predicted octanol–water partition coefficient (Wildman–Crippen LogP) is 3.34. The average molecular weight is 488 g/mol. The molecule has 2 aromatic rings. The van der Waals surface area contributed by atoms with E-state index in [-0.39, 0.29) is 22.9 Å². The molecule has 1 aromatic carbocycles. The number of hydrogen-bond donors (Lipinski definition) is 1. The molecule has 1 aromatic heterocycles. The molecule has 1 N–H and O–H groups in total. The zero-order chi connectivity index (χ0) is 24.0. The number of anilines is 1. The summed E-state index contributed by atoms with van der Waals surface area (Å²) in [6.07, 6.45) is 3.57. The molecule has 2 fully saturated rings. The van der Waals surface area contributed by atoms with Gasteiger partial charge in [0.15, 0.2) is 0 Å². The summed E-state index contributed by atoms with van der Waals surface area (Å²) >= 11 is 5.92. The van der Waals surface area contributed by atoms with Crippen molar-refractivity contribution in [3.8, 4) is 0 Å². The Bertz CT molecular complexity index is 1080. The van der Waals surface area contributed by atoms with Crippen LogP contribution in [-0.2, 0) is 4.79 Å². The van der Waals surface area contributed by atoms with Crippen molar-refractivity contribution in [2.75, 3.05) is 44.7 Å². The van der Waals surface area contributed by atoms with Gasteiger partial charge in [0.05, 0.1) is 22.7 Å². The number of rotatable bonds is 4. The van der Waals surface area contributed by atoms with E-state index in [9.17, 15) is 14.3 Å². The maximum absolute atomic E-state index is 14.3. The lowest BCUT2D eigenvalue weighted by Gasteiger charge is -2.39. The molecule has 4 atom stereocenters. The van der Waals surface area contributed by atoms with Crippen LogP contribution in [0.3, 0.4) is 0 Å². The summed E-state index contributed by atoms with van der Waals surface area (Å²) in [6, 6.07) is 4.79. The number of aliphatic hydroxyl groups excluding tert-OH is 1. The first-order valence-corrected chi connectivity index (χ1v) is 12.4. The maximum Gasteiger partial charge on any atom is 0.231 e. The van der Waals surface area contributed by atoms with Crippen LogP contribution in [-0.4, -0.2) is 76.6 Å². The lowest BCUT2D eigenvalue weighted by Crippen LogP contribution is -2.52. The molecule has 3 aliphatic rings. The first kappa shape index (κ1) is 23.5. The Balaban J connectivity index is 1.35. The fourth-order valence-electron chi connectivity index (χ4n) is 5.88. The monoisotopic (exact) mass is 487 g/mol. The number of likely N-dealkylation sites (N-methyl/N-ethyl adjacent to an activating group) is 1. The van der Waals surface area contributed by atoms with E-state index in [1.54, 1.807) is 12.1 Å². The lowest BCUT2D eigenvalue weighted by molar-refractivity contribution is -0.134. The largest absolute Gasteiger partial charge is 0.387 e. The zero-order valence-corrected chi connectivity index (χ0v) is 20.4. The Labute approximate surface area is 204 Å². The summed E-state index contributed by atoms with van der Waals surface area (Å²) in [7, 11) is 2.04. The number of benzene rings is 1. The van der Waals surface area contributed by atoms with Crippen molar-refractivity contribution in [1.29, 1.82) is 0 Å². The molecule has 0 saturated carbocycles. The van der Waals surface area contributed by atoms with Gasteiger partial charge in [-0.15, -0.1) is 0 Å². The molecular weight excluding hydrogens is 457 g/mol. The third-order valence-corrected chi connectivity index (χ3v) is 8.01. The molecule has 0 spiro atoms. The molecule has 1 amide bonds. The smallest absolute Gasteiger partial charge is 0.231 e. The predicted molar refractivity (Wildman–Crippen MR) is 129 cm³/mol. The van der Waals surface area contributed by atoms with E-state index in [4.69, 9.17) is 11.6 Å². The van der Waals surface area contributed by atoms with E-state index in [1.807, 2.05) is 11.9 Å². The van der Waals surface area contributed by atoms with Crippen molar-refractivity contribution < 1.29 is 14.3 Å². The fraction of sp³-hybridized carbons (Fsp3) is 0.560. The number of fused-ring (bicyclic) bond motifs is 1. The standard InChI is InChI=1S/C25H31ClFN5O2/c1-15-12-20(33)23-21(15)24(29-14-28-23)31-8-10-32(11-9-31)25(34)22(19-4-3-7-30(19)2)16-5-6-17(26)18(27)13-16/h5-6,13-15,19-20,22,33H,3-4,7-12H2,1-2H3/t15-,19?,20-,22?/m1/s1. The molecule has 34 heavy (non-hydrogen) atoms. The van der Waals surface area contributed by atoms with Crippen LogP contribution in [0.15, 0.2) is 24.5 Å². The minimum Gasteiger partial charge on any atom is -0.387 e. The molecule has 9 heteroatoms. The number of nitrogens with zero attached hydrogens (tertiary/aromatic N) is 5. The molecule has 7 nitrogen and oxygen atoms in total. The number of carbonyl (C=O) groups excluding carboxylic acids is 1. The van der Waals surface area contributed by atoms with E-state index in [0.717, 1.165) is 36.5 Å². The number of carbonyl (C=O) groups is 1. The van der Waals surface area contributed by atoms with Gasteiger partial charge in [0.1, 0.15) is 18.0 Å². The summed E-state index contributed by atoms with van der Waals surface area (Å²) in [6.45, 7) is 5.46. The van der Waals surface area contributed by atoms with Crippen molar-refractivity contribution in [3.63, 3.8) is 0 Å². The highest BCUT2D eigenvalue weighted by Gasteiger charge is 2.39. The summed E-state index contributed by atoms with van der Waals surface area (Å²) in [5.74, 6) is 0.188. The number of aromatic nitrogens is 2. The quantitative estimate of drug-likeness (QED) is 0.713. The molecule has 2 unspecified atom stereocenters. The van der Waals surface area contributed by atoms with Crippen molar-refractivity contribution in [2.24, 2.45) is 0 Å². The van der Waals surface area contributed by atoms with Crippen LogP contribution >= 0.6 is 11.6 Å². The van der Waals surface area contributed by atoms with Crippen molar-refractivity contribution >= 4 is 23.3 Å². The van der Waals surface area contributed by atoms with Gasteiger partial charge in [0.25, 0.3) is 0 Å². The number of amides is 1. The van der Waals surface area contributed by atoms with Gasteiger partial charge in [-0.2, -0.15) is 0 Å². The molecule has 2 aliphatic heterocycles. The van der Waals surface area contributed by atoms with Gasteiger partial charge in [-0.05, 0) is 56.5 Å². The maximum atomic E-state index is 14.3. The zero-order valence-electron chi connectivity index (χ0n) is 19.6. The first-order chi connectivity index (χ1) is 16.3. The third kappa shape index (κ3) is 4.16. The Morgan fingerprint density at radius 1 is 1.21 bits per heavy atom. The number of aliphatic hydroxyl groups is 1. The van der Waals surface area contributed by atoms with Crippen molar-refractivity contribution in [3.05, 3.63) is 52.2 Å². The number of halogens is 2. The van der Waals surface area contributed by atoms with Gasteiger partial charge < -0.3 is 19.8 Å². The normalized spacial score (nSPS) is 26.1. The number of likely N-dealkylation sites (tertiary alicyclic amines) is 1. The Morgan fingerprint density at radius 2 is 1.97 bits per heavy atom. The van der Waals surface area contributed by atoms with Crippen LogP contribution in [0.5, 0.6) is 0 Å². The summed E-state index contributed by atoms with van der Waals surface area (Å²) in [5, 5.41) is 10.4. The minimum absolute atomic E-state index is 0.0387. The number of hydrogen-bond acceptors (Lipinski definition) is 6. The summed E-state index contributed by atoms with van der Waals surface area (Å²) < 4.78 is 14.3. The van der Waals surface area contributed by atoms with Crippen LogP contribution in [0.25, 0.3) is 0 Å². The van der Waals surface area contributed by atoms with Gasteiger partial charge >= 0.3 is 0 Å². The Morgan fingerprint density at radius 3 is 2.65 bits per heavy atom. The van der Waals surface area contributed by atoms with Gasteiger partial charge in [0, 0.05) is 37.8 Å². The SMILES string of the molecule is C[C@@H]1C[C@@H](O)c2ncnc(N3CCN(C(=O)C(c4ccc(Cl)c(F)c4)C4CCCN4C)CC3)c21. The van der Waals surface area contributed by atoms with E-state index < -0.39 is 17.8 Å². The van der Waals surface area contributed by atoms with Crippen molar-refractivity contribution in [1.82, 2.24) is 19.8 Å². The third-order valence-electron chi connectivity index (χ3n) is 7.70. The van der Waals surface area contributed by atoms with Crippen LogP contribution in [0, 0.1) is 5.82 Å². The van der Waals surface area contributed by atoms with Gasteiger partial charge in [0.2, 0.25) is 5.91 Å². The second-order valence-corrected chi connectivity index (χ2v) is 10.2. The van der Waals surface area contributed by atoms with E-state index in [2.05, 4.69) is 26.7 Å². The van der Waals surface area contributed by atoms with Crippen LogP contribution in [0.1, 0.15) is 60.9 Å². The van der Waals surface area contributed by atoms with Crippen LogP contribution < -0.4 is 4.90 Å². The van der Waals surface area contributed by atoms with E-state index >= 15 is 0 Å². The molecule has 182 valence electrons. The minimum atomic E-state index is -0.543. The highest BCUT2D eigenvalue weighted by Crippen LogP contribution is 2.43. The van der Waals surface area contributed by atoms with E-state index in [1.165, 1.54) is 12.4 Å². The molecule has 0 radical (unpaired) electrons. The van der Waals surface area contributed by atoms with Gasteiger partial charge in [-0.3, -0.25) is 4.79 Å². The summed E-state index contributed by atoms with van der Waals surface area (Å²) in [5.41, 5.74) is 2.44. The van der Waals surface area contributed by atoms with E-state index in [0.29, 0.717) is 38.2 Å². The second-order valence-electron chi connectivity index (χ2n) is 9.80. The number of piperazine rings is 1. The second kappa shape index (κ2) is 9.40. The fourth-order valence-corrected chi connectivity index (χ4v) is 6.00. The Kier molecular flexibility index (Phi) is 6.48. The molecular formula is C25H31ClFN5O2. The molecule has 0 bridgehead atoms. The van der Waals surface area contributed by atoms with Crippen molar-refractivity contribution in [2.45, 2.75) is 50.2 Å².